The lowest BCUT2D eigenvalue weighted by molar-refractivity contribution is -0.123. The number of para-hydroxylation sites is 1. The maximum Gasteiger partial charge on any atom is 0.276 e. The van der Waals surface area contributed by atoms with E-state index in [1.165, 1.54) is 5.56 Å². The average molecular weight is 425 g/mol. The van der Waals surface area contributed by atoms with Crippen LogP contribution in [0.4, 0.5) is 0 Å². The number of hydrogen-bond acceptors (Lipinski definition) is 4. The Morgan fingerprint density at radius 3 is 2.43 bits per heavy atom. The van der Waals surface area contributed by atoms with E-state index in [-0.39, 0.29) is 17.6 Å². The molecule has 156 valence electrons. The Morgan fingerprint density at radius 1 is 1.07 bits per heavy atom. The van der Waals surface area contributed by atoms with Crippen LogP contribution in [0.3, 0.4) is 0 Å². The van der Waals surface area contributed by atoms with Crippen molar-refractivity contribution in [3.63, 3.8) is 0 Å². The van der Waals surface area contributed by atoms with Crippen LogP contribution >= 0.6 is 12.2 Å². The van der Waals surface area contributed by atoms with Gasteiger partial charge in [0.15, 0.2) is 11.7 Å². The minimum absolute atomic E-state index is 0.0140. The summed E-state index contributed by atoms with van der Waals surface area (Å²) in [6, 6.07) is 17.0. The number of nitrogens with one attached hydrogen (secondary N) is 3. The minimum atomic E-state index is -0.427. The van der Waals surface area contributed by atoms with E-state index >= 15 is 0 Å². The van der Waals surface area contributed by atoms with Crippen LogP contribution in [0.5, 0.6) is 5.75 Å². The summed E-state index contributed by atoms with van der Waals surface area (Å²) < 4.78 is 7.23. The summed E-state index contributed by atoms with van der Waals surface area (Å²) in [6.45, 7) is 4.03. The smallest absolute Gasteiger partial charge is 0.276 e. The predicted octanol–water partition coefficient (Wildman–Crippen LogP) is 3.02. The highest BCUT2D eigenvalue weighted by Crippen LogP contribution is 2.19. The molecular formula is C22H24N4O3S. The topological polar surface area (TPSA) is 84.4 Å². The highest BCUT2D eigenvalue weighted by molar-refractivity contribution is 7.80. The van der Waals surface area contributed by atoms with Crippen molar-refractivity contribution in [2.45, 2.75) is 19.8 Å². The predicted molar refractivity (Wildman–Crippen MR) is 120 cm³/mol. The van der Waals surface area contributed by atoms with E-state index in [2.05, 4.69) is 30.0 Å². The molecule has 0 saturated carbocycles. The average Bonchev–Trinajstić information content (AvgIpc) is 3.08. The van der Waals surface area contributed by atoms with E-state index < -0.39 is 5.91 Å². The van der Waals surface area contributed by atoms with Gasteiger partial charge in [0, 0.05) is 18.0 Å². The van der Waals surface area contributed by atoms with E-state index in [0.29, 0.717) is 17.4 Å². The number of hydrogen-bond donors (Lipinski definition) is 3. The normalized spacial score (nSPS) is 10.7. The van der Waals surface area contributed by atoms with Crippen molar-refractivity contribution in [2.24, 2.45) is 7.05 Å². The van der Waals surface area contributed by atoms with Crippen molar-refractivity contribution >= 4 is 40.0 Å². The number of fused-ring (bicyclic) bond motifs is 1. The van der Waals surface area contributed by atoms with Gasteiger partial charge < -0.3 is 9.30 Å². The van der Waals surface area contributed by atoms with Crippen molar-refractivity contribution in [1.82, 2.24) is 20.7 Å². The standard InChI is InChI=1S/C22H24N4O3S/c1-14(2)15-8-10-17(11-9-15)29-13-20(27)24-25-22(30)23-21(28)19-12-16-6-4-5-7-18(16)26(19)3/h4-12,14H,13H2,1-3H3,(H,24,27)(H2,23,25,28,30). The van der Waals surface area contributed by atoms with Crippen LogP contribution in [-0.4, -0.2) is 28.1 Å². The number of ether oxygens (including phenoxy) is 1. The quantitative estimate of drug-likeness (QED) is 0.433. The van der Waals surface area contributed by atoms with Crippen LogP contribution in [0, 0.1) is 0 Å². The molecule has 0 bridgehead atoms. The van der Waals surface area contributed by atoms with Crippen LogP contribution < -0.4 is 20.9 Å². The zero-order valence-corrected chi connectivity index (χ0v) is 17.9. The second-order valence-electron chi connectivity index (χ2n) is 7.12. The molecule has 0 aliphatic carbocycles. The van der Waals surface area contributed by atoms with Gasteiger partial charge in [-0.2, -0.15) is 0 Å². The third-order valence-electron chi connectivity index (χ3n) is 4.64. The number of thiocarbonyl (C=S) groups is 1. The number of aromatic nitrogens is 1. The minimum Gasteiger partial charge on any atom is -0.484 e. The van der Waals surface area contributed by atoms with E-state index in [0.717, 1.165) is 10.9 Å². The van der Waals surface area contributed by atoms with Crippen LogP contribution in [0.25, 0.3) is 10.9 Å². The molecule has 0 radical (unpaired) electrons. The number of rotatable bonds is 5. The molecule has 0 saturated heterocycles. The summed E-state index contributed by atoms with van der Waals surface area (Å²) >= 11 is 5.08. The van der Waals surface area contributed by atoms with Gasteiger partial charge in [-0.25, -0.2) is 0 Å². The van der Waals surface area contributed by atoms with Crippen LogP contribution in [-0.2, 0) is 11.8 Å². The van der Waals surface area contributed by atoms with Gasteiger partial charge >= 0.3 is 0 Å². The van der Waals surface area contributed by atoms with E-state index in [4.69, 9.17) is 17.0 Å². The maximum atomic E-state index is 12.5. The molecule has 1 heterocycles. The van der Waals surface area contributed by atoms with Gasteiger partial charge in [-0.1, -0.05) is 44.2 Å². The molecule has 0 aliphatic heterocycles. The van der Waals surface area contributed by atoms with Crippen molar-refractivity contribution in [3.8, 4) is 5.75 Å². The Morgan fingerprint density at radius 2 is 1.77 bits per heavy atom. The first-order valence-electron chi connectivity index (χ1n) is 9.52. The molecule has 3 rings (SSSR count). The fraction of sp³-hybridized carbons (Fsp3) is 0.227. The summed E-state index contributed by atoms with van der Waals surface area (Å²) in [6.07, 6.45) is 0. The summed E-state index contributed by atoms with van der Waals surface area (Å²) in [5.74, 6) is 0.226. The molecule has 3 aromatic rings. The van der Waals surface area contributed by atoms with Crippen LogP contribution in [0.15, 0.2) is 54.6 Å². The molecule has 3 N–H and O–H groups in total. The first-order chi connectivity index (χ1) is 14.3. The summed E-state index contributed by atoms with van der Waals surface area (Å²) in [5.41, 5.74) is 7.50. The van der Waals surface area contributed by atoms with Gasteiger partial charge in [0.25, 0.3) is 11.8 Å². The number of benzene rings is 2. The Labute approximate surface area is 180 Å². The molecule has 2 amide bonds. The molecule has 30 heavy (non-hydrogen) atoms. The molecule has 0 aliphatic rings. The van der Waals surface area contributed by atoms with Crippen molar-refractivity contribution in [3.05, 3.63) is 65.9 Å². The van der Waals surface area contributed by atoms with E-state index in [9.17, 15) is 9.59 Å². The Hall–Kier alpha value is -3.39. The van der Waals surface area contributed by atoms with E-state index in [1.807, 2.05) is 48.5 Å². The van der Waals surface area contributed by atoms with Crippen LogP contribution in [0.2, 0.25) is 0 Å². The van der Waals surface area contributed by atoms with Crippen molar-refractivity contribution in [1.29, 1.82) is 0 Å². The lowest BCUT2D eigenvalue weighted by Gasteiger charge is -2.12. The number of hydrazine groups is 1. The molecule has 0 atom stereocenters. The third-order valence-corrected chi connectivity index (χ3v) is 4.85. The molecule has 1 aromatic heterocycles. The first-order valence-corrected chi connectivity index (χ1v) is 9.93. The Kier molecular flexibility index (Phi) is 6.68. The second-order valence-corrected chi connectivity index (χ2v) is 7.52. The van der Waals surface area contributed by atoms with Gasteiger partial charge in [-0.15, -0.1) is 0 Å². The van der Waals surface area contributed by atoms with Gasteiger partial charge in [0.2, 0.25) is 0 Å². The third kappa shape index (κ3) is 5.15. The summed E-state index contributed by atoms with van der Waals surface area (Å²) in [5, 5.41) is 3.49. The van der Waals surface area contributed by atoms with Gasteiger partial charge in [0.05, 0.1) is 0 Å². The lowest BCUT2D eigenvalue weighted by atomic mass is 10.0. The highest BCUT2D eigenvalue weighted by atomic mass is 32.1. The molecule has 8 heteroatoms. The second kappa shape index (κ2) is 9.41. The van der Waals surface area contributed by atoms with Gasteiger partial charge in [0.1, 0.15) is 11.4 Å². The maximum absolute atomic E-state index is 12.5. The van der Waals surface area contributed by atoms with Crippen molar-refractivity contribution in [2.75, 3.05) is 6.61 Å². The number of carbonyl (C=O) groups is 2. The molecule has 7 nitrogen and oxygen atoms in total. The SMILES string of the molecule is CC(C)c1ccc(OCC(=O)NNC(=S)NC(=O)c2cc3ccccc3n2C)cc1. The van der Waals surface area contributed by atoms with Crippen LogP contribution in [0.1, 0.15) is 35.8 Å². The van der Waals surface area contributed by atoms with Gasteiger partial charge in [-0.05, 0) is 48.0 Å². The lowest BCUT2D eigenvalue weighted by Crippen LogP contribution is -2.49. The van der Waals surface area contributed by atoms with Crippen molar-refractivity contribution < 1.29 is 14.3 Å². The largest absolute Gasteiger partial charge is 0.484 e. The highest BCUT2D eigenvalue weighted by Gasteiger charge is 2.14. The Bertz CT molecular complexity index is 1070. The Balaban J connectivity index is 1.46. The number of nitrogens with zero attached hydrogens (tertiary/aromatic N) is 1. The fourth-order valence-corrected chi connectivity index (χ4v) is 3.11. The monoisotopic (exact) mass is 424 g/mol. The summed E-state index contributed by atoms with van der Waals surface area (Å²) in [4.78, 5) is 24.4. The first kappa shape index (κ1) is 21.3. The van der Waals surface area contributed by atoms with Gasteiger partial charge in [-0.3, -0.25) is 25.8 Å². The molecule has 2 aromatic carbocycles. The molecule has 0 unspecified atom stereocenters. The number of carbonyl (C=O) groups excluding carboxylic acids is 2. The molecule has 0 spiro atoms. The zero-order valence-electron chi connectivity index (χ0n) is 17.1. The number of amides is 2. The molecular weight excluding hydrogens is 400 g/mol. The number of aryl methyl sites for hydroxylation is 1. The van der Waals surface area contributed by atoms with E-state index in [1.54, 1.807) is 17.7 Å². The summed E-state index contributed by atoms with van der Waals surface area (Å²) in [7, 11) is 1.81. The molecule has 0 fully saturated rings. The fourth-order valence-electron chi connectivity index (χ4n) is 2.97. The zero-order chi connectivity index (χ0) is 21.7.